The van der Waals surface area contributed by atoms with Gasteiger partial charge in [0.1, 0.15) is 5.57 Å². The van der Waals surface area contributed by atoms with Crippen LogP contribution in [0.1, 0.15) is 43.0 Å². The summed E-state index contributed by atoms with van der Waals surface area (Å²) >= 11 is 6.59. The first-order valence-corrected chi connectivity index (χ1v) is 11.0. The molecule has 1 N–H and O–H groups in total. The van der Waals surface area contributed by atoms with Crippen LogP contribution in [0.2, 0.25) is 5.02 Å². The fourth-order valence-electron chi connectivity index (χ4n) is 4.21. The van der Waals surface area contributed by atoms with Gasteiger partial charge in [-0.05, 0) is 87.2 Å². The van der Waals surface area contributed by atoms with Crippen molar-refractivity contribution in [3.05, 3.63) is 69.3 Å². The predicted octanol–water partition coefficient (Wildman–Crippen LogP) is 5.25. The molecule has 170 valence electrons. The molecule has 0 saturated carbocycles. The Morgan fingerprint density at radius 3 is 2.36 bits per heavy atom. The molecular formula is C26H26ClN3O3. The van der Waals surface area contributed by atoms with E-state index in [2.05, 4.69) is 30.1 Å². The first-order chi connectivity index (χ1) is 15.4. The molecule has 0 atom stereocenters. The van der Waals surface area contributed by atoms with Crippen LogP contribution < -0.4 is 15.1 Å². The van der Waals surface area contributed by atoms with Gasteiger partial charge in [-0.25, -0.2) is 9.69 Å². The highest BCUT2D eigenvalue weighted by Crippen LogP contribution is 2.41. The van der Waals surface area contributed by atoms with Crippen LogP contribution in [-0.4, -0.2) is 30.4 Å². The van der Waals surface area contributed by atoms with Gasteiger partial charge in [-0.1, -0.05) is 23.7 Å². The SMILES string of the molecule is CC1=CC(C)(C)N(C)c2cc(Cl)c(/C=C3/C(=O)NC(=O)N(c4ccc(C)c(C)c4)C3=O)cc21. The molecule has 2 aliphatic heterocycles. The lowest BCUT2D eigenvalue weighted by Gasteiger charge is -2.40. The number of rotatable bonds is 2. The molecule has 2 aromatic rings. The number of hydrogen-bond acceptors (Lipinski definition) is 4. The number of fused-ring (bicyclic) bond motifs is 1. The van der Waals surface area contributed by atoms with Crippen molar-refractivity contribution in [2.45, 2.75) is 40.2 Å². The van der Waals surface area contributed by atoms with Crippen molar-refractivity contribution < 1.29 is 14.4 Å². The van der Waals surface area contributed by atoms with E-state index >= 15 is 0 Å². The van der Waals surface area contributed by atoms with Crippen LogP contribution in [0.15, 0.2) is 42.0 Å². The quantitative estimate of drug-likeness (QED) is 0.487. The Labute approximate surface area is 198 Å². The average molecular weight is 464 g/mol. The molecule has 0 aromatic heterocycles. The number of benzene rings is 2. The van der Waals surface area contributed by atoms with Gasteiger partial charge < -0.3 is 4.90 Å². The van der Waals surface area contributed by atoms with Gasteiger partial charge in [0.2, 0.25) is 0 Å². The van der Waals surface area contributed by atoms with Crippen LogP contribution >= 0.6 is 11.6 Å². The second-order valence-corrected chi connectivity index (χ2v) is 9.56. The smallest absolute Gasteiger partial charge is 0.335 e. The number of allylic oxidation sites excluding steroid dienone is 1. The van der Waals surface area contributed by atoms with Gasteiger partial charge in [-0.2, -0.15) is 0 Å². The highest BCUT2D eigenvalue weighted by Gasteiger charge is 2.37. The second kappa shape index (κ2) is 7.89. The first-order valence-electron chi connectivity index (χ1n) is 10.7. The third-order valence-electron chi connectivity index (χ3n) is 6.49. The average Bonchev–Trinajstić information content (AvgIpc) is 2.72. The number of carbonyl (C=O) groups is 3. The molecule has 0 aliphatic carbocycles. The number of anilines is 2. The number of hydrogen-bond donors (Lipinski definition) is 1. The summed E-state index contributed by atoms with van der Waals surface area (Å²) in [6.07, 6.45) is 3.62. The Morgan fingerprint density at radius 2 is 1.70 bits per heavy atom. The zero-order chi connectivity index (χ0) is 24.2. The van der Waals surface area contributed by atoms with Crippen LogP contribution in [0.3, 0.4) is 0 Å². The zero-order valence-corrected chi connectivity index (χ0v) is 20.3. The van der Waals surface area contributed by atoms with Crippen LogP contribution in [0, 0.1) is 13.8 Å². The molecule has 0 bridgehead atoms. The molecule has 4 amide bonds. The van der Waals surface area contributed by atoms with E-state index in [9.17, 15) is 14.4 Å². The number of carbonyl (C=O) groups excluding carboxylic acids is 3. The summed E-state index contributed by atoms with van der Waals surface area (Å²) in [6.45, 7) is 10.1. The zero-order valence-electron chi connectivity index (χ0n) is 19.5. The third kappa shape index (κ3) is 3.85. The van der Waals surface area contributed by atoms with Crippen LogP contribution in [0.25, 0.3) is 11.6 Å². The summed E-state index contributed by atoms with van der Waals surface area (Å²) in [5.41, 5.74) is 5.60. The van der Waals surface area contributed by atoms with Gasteiger partial charge in [-0.3, -0.25) is 14.9 Å². The van der Waals surface area contributed by atoms with Gasteiger partial charge in [0, 0.05) is 23.3 Å². The van der Waals surface area contributed by atoms with Crippen LogP contribution in [-0.2, 0) is 9.59 Å². The maximum Gasteiger partial charge on any atom is 0.335 e. The molecule has 1 fully saturated rings. The van der Waals surface area contributed by atoms with Gasteiger partial charge in [0.25, 0.3) is 11.8 Å². The van der Waals surface area contributed by atoms with Crippen molar-refractivity contribution in [3.63, 3.8) is 0 Å². The summed E-state index contributed by atoms with van der Waals surface area (Å²) in [6, 6.07) is 8.21. The molecular weight excluding hydrogens is 438 g/mol. The number of nitrogens with one attached hydrogen (secondary N) is 1. The highest BCUT2D eigenvalue weighted by atomic mass is 35.5. The number of barbiturate groups is 1. The fourth-order valence-corrected chi connectivity index (χ4v) is 4.42. The minimum absolute atomic E-state index is 0.152. The summed E-state index contributed by atoms with van der Waals surface area (Å²) in [7, 11) is 2.00. The molecule has 1 saturated heterocycles. The van der Waals surface area contributed by atoms with Crippen molar-refractivity contribution in [1.29, 1.82) is 0 Å². The van der Waals surface area contributed by atoms with Crippen molar-refractivity contribution in [3.8, 4) is 0 Å². The third-order valence-corrected chi connectivity index (χ3v) is 6.81. The van der Waals surface area contributed by atoms with Crippen molar-refractivity contribution in [1.82, 2.24) is 5.32 Å². The summed E-state index contributed by atoms with van der Waals surface area (Å²) in [4.78, 5) is 41.5. The number of imide groups is 2. The Hall–Kier alpha value is -3.38. The number of likely N-dealkylation sites (N-methyl/N-ethyl adjacent to an activating group) is 1. The molecule has 2 aromatic carbocycles. The van der Waals surface area contributed by atoms with Gasteiger partial charge in [0.05, 0.1) is 11.2 Å². The number of nitrogens with zero attached hydrogens (tertiary/aromatic N) is 2. The molecule has 2 aliphatic rings. The molecule has 2 heterocycles. The minimum atomic E-state index is -0.774. The normalized spacial score (nSPS) is 18.9. The Balaban J connectivity index is 1.79. The minimum Gasteiger partial charge on any atom is -0.365 e. The van der Waals surface area contributed by atoms with E-state index in [1.165, 1.54) is 6.08 Å². The number of urea groups is 1. The second-order valence-electron chi connectivity index (χ2n) is 9.16. The van der Waals surface area contributed by atoms with Crippen LogP contribution in [0.5, 0.6) is 0 Å². The summed E-state index contributed by atoms with van der Waals surface area (Å²) in [5.74, 6) is -1.43. The molecule has 7 heteroatoms. The van der Waals surface area contributed by atoms with Crippen molar-refractivity contribution in [2.75, 3.05) is 16.8 Å². The maximum absolute atomic E-state index is 13.3. The van der Waals surface area contributed by atoms with Gasteiger partial charge >= 0.3 is 6.03 Å². The summed E-state index contributed by atoms with van der Waals surface area (Å²) < 4.78 is 0. The fraction of sp³-hybridized carbons (Fsp3) is 0.269. The van der Waals surface area contributed by atoms with E-state index in [-0.39, 0.29) is 11.1 Å². The van der Waals surface area contributed by atoms with Crippen LogP contribution in [0.4, 0.5) is 16.2 Å². The lowest BCUT2D eigenvalue weighted by molar-refractivity contribution is -0.122. The highest BCUT2D eigenvalue weighted by molar-refractivity contribution is 6.40. The molecule has 6 nitrogen and oxygen atoms in total. The van der Waals surface area contributed by atoms with E-state index in [1.807, 2.05) is 46.0 Å². The summed E-state index contributed by atoms with van der Waals surface area (Å²) in [5, 5.41) is 2.68. The molecule has 0 spiro atoms. The number of halogens is 1. The first kappa shape index (κ1) is 22.8. The van der Waals surface area contributed by atoms with Gasteiger partial charge in [0.15, 0.2) is 0 Å². The van der Waals surface area contributed by atoms with Crippen molar-refractivity contribution >= 4 is 52.5 Å². The number of aryl methyl sites for hydroxylation is 2. The predicted molar refractivity (Wildman–Crippen MR) is 133 cm³/mol. The number of amides is 4. The van der Waals surface area contributed by atoms with E-state index < -0.39 is 17.8 Å². The largest absolute Gasteiger partial charge is 0.365 e. The van der Waals surface area contributed by atoms with E-state index in [1.54, 1.807) is 12.1 Å². The molecule has 0 unspecified atom stereocenters. The Kier molecular flexibility index (Phi) is 5.45. The lowest BCUT2D eigenvalue weighted by Crippen LogP contribution is -2.54. The van der Waals surface area contributed by atoms with E-state index in [0.717, 1.165) is 32.9 Å². The molecule has 33 heavy (non-hydrogen) atoms. The Bertz CT molecular complexity index is 1290. The lowest BCUT2D eigenvalue weighted by atomic mass is 9.88. The van der Waals surface area contributed by atoms with Crippen molar-refractivity contribution in [2.24, 2.45) is 0 Å². The van der Waals surface area contributed by atoms with E-state index in [4.69, 9.17) is 11.6 Å². The molecule has 0 radical (unpaired) electrons. The Morgan fingerprint density at radius 1 is 1.00 bits per heavy atom. The maximum atomic E-state index is 13.3. The standard InChI is InChI=1S/C26H26ClN3O3/c1-14-7-8-18(9-15(14)2)30-24(32)20(23(31)28-25(30)33)11-17-10-19-16(3)13-26(4,5)29(6)22(19)12-21(17)27/h7-13H,1-6H3,(H,28,31,33)/b20-11-. The molecule has 4 rings (SSSR count). The van der Waals surface area contributed by atoms with E-state index in [0.29, 0.717) is 16.3 Å². The monoisotopic (exact) mass is 463 g/mol. The topological polar surface area (TPSA) is 69.7 Å². The van der Waals surface area contributed by atoms with Gasteiger partial charge in [-0.15, -0.1) is 0 Å².